The second-order valence-corrected chi connectivity index (χ2v) is 6.79. The molecule has 5 heteroatoms. The number of rotatable bonds is 4. The normalized spacial score (nSPS) is 12.7. The maximum atomic E-state index is 12.4. The lowest BCUT2D eigenvalue weighted by Crippen LogP contribution is -2.13. The average Bonchev–Trinajstić information content (AvgIpc) is 3.26. The van der Waals surface area contributed by atoms with Crippen molar-refractivity contribution >= 4 is 17.3 Å². The van der Waals surface area contributed by atoms with Crippen molar-refractivity contribution in [3.05, 3.63) is 66.1 Å². The Balaban J connectivity index is 1.48. The second-order valence-electron chi connectivity index (χ2n) is 6.79. The Morgan fingerprint density at radius 2 is 1.81 bits per heavy atom. The fourth-order valence-electron chi connectivity index (χ4n) is 3.33. The van der Waals surface area contributed by atoms with Crippen LogP contribution in [-0.4, -0.2) is 29.6 Å². The zero-order valence-electron chi connectivity index (χ0n) is 15.1. The summed E-state index contributed by atoms with van der Waals surface area (Å²) in [5.41, 5.74) is 4.78. The highest BCUT2D eigenvalue weighted by atomic mass is 16.1. The molecular formula is C21H22N4O. The molecule has 4 rings (SSSR count). The predicted molar refractivity (Wildman–Crippen MR) is 105 cm³/mol. The number of nitrogens with one attached hydrogen (secondary N) is 1. The van der Waals surface area contributed by atoms with Crippen LogP contribution in [0, 0.1) is 0 Å². The number of carbonyl (C=O) groups is 1. The van der Waals surface area contributed by atoms with Gasteiger partial charge in [0.2, 0.25) is 0 Å². The van der Waals surface area contributed by atoms with E-state index in [0.717, 1.165) is 42.0 Å². The van der Waals surface area contributed by atoms with Gasteiger partial charge in [-0.25, -0.2) is 4.98 Å². The lowest BCUT2D eigenvalue weighted by molar-refractivity contribution is 0.102. The van der Waals surface area contributed by atoms with Gasteiger partial charge in [-0.1, -0.05) is 12.1 Å². The molecule has 1 aliphatic heterocycles. The summed E-state index contributed by atoms with van der Waals surface area (Å²) in [5, 5.41) is 2.96. The van der Waals surface area contributed by atoms with Gasteiger partial charge in [-0.05, 0) is 48.4 Å². The van der Waals surface area contributed by atoms with Crippen LogP contribution >= 0.6 is 0 Å². The molecule has 0 bridgehead atoms. The molecule has 0 radical (unpaired) electrons. The lowest BCUT2D eigenvalue weighted by atomic mass is 10.1. The third-order valence-corrected chi connectivity index (χ3v) is 4.80. The van der Waals surface area contributed by atoms with E-state index in [0.29, 0.717) is 5.56 Å². The van der Waals surface area contributed by atoms with Crippen LogP contribution in [0.5, 0.6) is 0 Å². The van der Waals surface area contributed by atoms with Crippen LogP contribution in [0.2, 0.25) is 0 Å². The number of amides is 1. The number of aromatic nitrogens is 2. The van der Waals surface area contributed by atoms with E-state index in [-0.39, 0.29) is 5.91 Å². The number of nitrogens with zero attached hydrogens (tertiary/aromatic N) is 3. The van der Waals surface area contributed by atoms with Crippen molar-refractivity contribution in [1.82, 2.24) is 9.55 Å². The molecule has 0 atom stereocenters. The highest BCUT2D eigenvalue weighted by Crippen LogP contribution is 2.26. The number of imidazole rings is 1. The number of anilines is 2. The van der Waals surface area contributed by atoms with Crippen LogP contribution in [0.15, 0.2) is 54.7 Å². The van der Waals surface area contributed by atoms with Gasteiger partial charge in [0.05, 0.1) is 11.9 Å². The fraction of sp³-hybridized carbons (Fsp3) is 0.238. The maximum Gasteiger partial charge on any atom is 0.255 e. The Morgan fingerprint density at radius 3 is 2.50 bits per heavy atom. The first-order valence-electron chi connectivity index (χ1n) is 8.85. The summed E-state index contributed by atoms with van der Waals surface area (Å²) in [6, 6.07) is 15.5. The van der Waals surface area contributed by atoms with Crippen LogP contribution in [0.4, 0.5) is 11.4 Å². The van der Waals surface area contributed by atoms with Crippen molar-refractivity contribution in [2.45, 2.75) is 19.4 Å². The average molecular weight is 346 g/mol. The molecule has 5 nitrogen and oxygen atoms in total. The molecule has 1 amide bonds. The summed E-state index contributed by atoms with van der Waals surface area (Å²) < 4.78 is 2.28. The molecule has 0 saturated carbocycles. The molecule has 1 N–H and O–H groups in total. The summed E-state index contributed by atoms with van der Waals surface area (Å²) in [4.78, 5) is 18.9. The van der Waals surface area contributed by atoms with E-state index in [1.54, 1.807) is 0 Å². The highest BCUT2D eigenvalue weighted by Gasteiger charge is 2.16. The van der Waals surface area contributed by atoms with Crippen molar-refractivity contribution in [2.24, 2.45) is 0 Å². The molecular weight excluding hydrogens is 324 g/mol. The lowest BCUT2D eigenvalue weighted by Gasteiger charge is -2.12. The van der Waals surface area contributed by atoms with Gasteiger partial charge in [-0.3, -0.25) is 4.79 Å². The largest absolute Gasteiger partial charge is 0.378 e. The molecule has 3 aromatic rings. The van der Waals surface area contributed by atoms with Crippen molar-refractivity contribution in [1.29, 1.82) is 0 Å². The smallest absolute Gasteiger partial charge is 0.255 e. The van der Waals surface area contributed by atoms with Crippen molar-refractivity contribution in [3.63, 3.8) is 0 Å². The molecule has 0 fully saturated rings. The van der Waals surface area contributed by atoms with Crippen molar-refractivity contribution in [3.8, 4) is 11.3 Å². The van der Waals surface area contributed by atoms with Crippen LogP contribution in [0.25, 0.3) is 11.3 Å². The van der Waals surface area contributed by atoms with Gasteiger partial charge in [0, 0.05) is 44.0 Å². The Hall–Kier alpha value is -3.08. The summed E-state index contributed by atoms with van der Waals surface area (Å²) in [6.07, 6.45) is 4.16. The third-order valence-electron chi connectivity index (χ3n) is 4.80. The van der Waals surface area contributed by atoms with E-state index < -0.39 is 0 Å². The van der Waals surface area contributed by atoms with Crippen molar-refractivity contribution < 1.29 is 4.79 Å². The minimum absolute atomic E-state index is 0.103. The standard InChI is InChI=1S/C21H22N4O/c1-24(2)18-11-7-16(8-12-18)21(26)23-17-9-5-15(6-10-17)19-14-22-20-4-3-13-25(19)20/h5-12,14H,3-4,13H2,1-2H3,(H,23,26). The molecule has 1 aromatic heterocycles. The quantitative estimate of drug-likeness (QED) is 0.781. The number of aryl methyl sites for hydroxylation is 1. The van der Waals surface area contributed by atoms with E-state index in [1.807, 2.05) is 73.7 Å². The predicted octanol–water partition coefficient (Wildman–Crippen LogP) is 3.81. The van der Waals surface area contributed by atoms with Crippen LogP contribution in [0.1, 0.15) is 22.6 Å². The van der Waals surface area contributed by atoms with Gasteiger partial charge in [0.1, 0.15) is 5.82 Å². The third kappa shape index (κ3) is 3.08. The van der Waals surface area contributed by atoms with E-state index in [2.05, 4.69) is 14.9 Å². The molecule has 0 saturated heterocycles. The number of fused-ring (bicyclic) bond motifs is 1. The molecule has 26 heavy (non-hydrogen) atoms. The summed E-state index contributed by atoms with van der Waals surface area (Å²) >= 11 is 0. The second kappa shape index (κ2) is 6.67. The van der Waals surface area contributed by atoms with Gasteiger partial charge in [0.25, 0.3) is 5.91 Å². The van der Waals surface area contributed by atoms with E-state index >= 15 is 0 Å². The molecule has 1 aliphatic rings. The van der Waals surface area contributed by atoms with Crippen LogP contribution in [-0.2, 0) is 13.0 Å². The Bertz CT molecular complexity index is 924. The topological polar surface area (TPSA) is 50.2 Å². The number of hydrogen-bond acceptors (Lipinski definition) is 3. The number of hydrogen-bond donors (Lipinski definition) is 1. The first kappa shape index (κ1) is 16.4. The first-order valence-corrected chi connectivity index (χ1v) is 8.85. The van der Waals surface area contributed by atoms with E-state index in [4.69, 9.17) is 0 Å². The monoisotopic (exact) mass is 346 g/mol. The van der Waals surface area contributed by atoms with E-state index in [1.165, 1.54) is 5.82 Å². The maximum absolute atomic E-state index is 12.4. The van der Waals surface area contributed by atoms with Gasteiger partial charge in [-0.15, -0.1) is 0 Å². The molecule has 2 aromatic carbocycles. The van der Waals surface area contributed by atoms with Gasteiger partial charge in [0.15, 0.2) is 0 Å². The SMILES string of the molecule is CN(C)c1ccc(C(=O)Nc2ccc(-c3cnc4n3CCC4)cc2)cc1. The number of carbonyl (C=O) groups excluding carboxylic acids is 1. The zero-order valence-corrected chi connectivity index (χ0v) is 15.1. The summed E-state index contributed by atoms with van der Waals surface area (Å²) in [6.45, 7) is 1.03. The summed E-state index contributed by atoms with van der Waals surface area (Å²) in [5.74, 6) is 1.06. The highest BCUT2D eigenvalue weighted by molar-refractivity contribution is 6.04. The molecule has 0 spiro atoms. The zero-order chi connectivity index (χ0) is 18.1. The first-order chi connectivity index (χ1) is 12.6. The van der Waals surface area contributed by atoms with Gasteiger partial charge >= 0.3 is 0 Å². The molecule has 0 aliphatic carbocycles. The Kier molecular flexibility index (Phi) is 4.21. The van der Waals surface area contributed by atoms with Crippen molar-refractivity contribution in [2.75, 3.05) is 24.3 Å². The van der Waals surface area contributed by atoms with Gasteiger partial charge < -0.3 is 14.8 Å². The fourth-order valence-corrected chi connectivity index (χ4v) is 3.33. The minimum Gasteiger partial charge on any atom is -0.378 e. The Morgan fingerprint density at radius 1 is 1.08 bits per heavy atom. The molecule has 132 valence electrons. The minimum atomic E-state index is -0.103. The molecule has 2 heterocycles. The van der Waals surface area contributed by atoms with Crippen LogP contribution < -0.4 is 10.2 Å². The van der Waals surface area contributed by atoms with E-state index in [9.17, 15) is 4.79 Å². The Labute approximate surface area is 153 Å². The summed E-state index contributed by atoms with van der Waals surface area (Å²) in [7, 11) is 3.96. The van der Waals surface area contributed by atoms with Gasteiger partial charge in [-0.2, -0.15) is 0 Å². The molecule has 0 unspecified atom stereocenters. The number of benzene rings is 2. The van der Waals surface area contributed by atoms with Crippen LogP contribution in [0.3, 0.4) is 0 Å².